The van der Waals surface area contributed by atoms with Crippen LogP contribution in [0, 0.1) is 18.6 Å². The number of nitrogens with one attached hydrogen (secondary N) is 1. The topological polar surface area (TPSA) is 60.5 Å². The van der Waals surface area contributed by atoms with E-state index in [1.165, 1.54) is 17.4 Å². The van der Waals surface area contributed by atoms with Gasteiger partial charge < -0.3 is 9.47 Å². The number of carbonyl (C=O) groups is 1. The van der Waals surface area contributed by atoms with Crippen molar-refractivity contribution < 1.29 is 23.0 Å². The summed E-state index contributed by atoms with van der Waals surface area (Å²) in [6, 6.07) is 10.7. The van der Waals surface area contributed by atoms with E-state index >= 15 is 0 Å². The average molecular weight is 388 g/mol. The SMILES string of the molecule is Cc1sc(NC(=O)[C@@H]2COc3ccccc3O2)nc1-c1ccc(F)c(F)c1. The molecule has 0 bridgehead atoms. The minimum absolute atomic E-state index is 0.0865. The van der Waals surface area contributed by atoms with Crippen LogP contribution in [0.3, 0.4) is 0 Å². The molecule has 1 amide bonds. The van der Waals surface area contributed by atoms with Gasteiger partial charge in [0.15, 0.2) is 28.3 Å². The maximum absolute atomic E-state index is 13.5. The molecule has 1 aromatic heterocycles. The number of halogens is 2. The second-order valence-corrected chi connectivity index (χ2v) is 7.11. The predicted octanol–water partition coefficient (Wildman–Crippen LogP) is 4.18. The van der Waals surface area contributed by atoms with E-state index in [9.17, 15) is 13.6 Å². The Morgan fingerprint density at radius 3 is 2.74 bits per heavy atom. The van der Waals surface area contributed by atoms with Gasteiger partial charge in [-0.2, -0.15) is 0 Å². The van der Waals surface area contributed by atoms with Crippen molar-refractivity contribution in [2.75, 3.05) is 11.9 Å². The lowest BCUT2D eigenvalue weighted by atomic mass is 10.1. The average Bonchev–Trinajstić information content (AvgIpc) is 3.03. The van der Waals surface area contributed by atoms with Crippen molar-refractivity contribution in [1.82, 2.24) is 4.98 Å². The number of anilines is 1. The second-order valence-electron chi connectivity index (χ2n) is 5.91. The van der Waals surface area contributed by atoms with Gasteiger partial charge in [-0.05, 0) is 37.3 Å². The molecule has 1 aliphatic rings. The van der Waals surface area contributed by atoms with Crippen LogP contribution in [0.4, 0.5) is 13.9 Å². The zero-order valence-corrected chi connectivity index (χ0v) is 15.0. The number of amides is 1. The quantitative estimate of drug-likeness (QED) is 0.731. The monoisotopic (exact) mass is 388 g/mol. The first-order chi connectivity index (χ1) is 13.0. The minimum atomic E-state index is -0.947. The molecule has 1 atom stereocenters. The summed E-state index contributed by atoms with van der Waals surface area (Å²) in [6.45, 7) is 1.88. The Balaban J connectivity index is 1.50. The highest BCUT2D eigenvalue weighted by molar-refractivity contribution is 7.16. The van der Waals surface area contributed by atoms with Gasteiger partial charge in [-0.3, -0.25) is 10.1 Å². The van der Waals surface area contributed by atoms with Gasteiger partial charge in [0.25, 0.3) is 5.91 Å². The molecule has 0 aliphatic carbocycles. The number of thiazole rings is 1. The Bertz CT molecular complexity index is 1020. The summed E-state index contributed by atoms with van der Waals surface area (Å²) in [7, 11) is 0. The van der Waals surface area contributed by atoms with Gasteiger partial charge in [-0.25, -0.2) is 13.8 Å². The Morgan fingerprint density at radius 2 is 1.96 bits per heavy atom. The first-order valence-electron chi connectivity index (χ1n) is 8.13. The van der Waals surface area contributed by atoms with Gasteiger partial charge in [0, 0.05) is 10.4 Å². The molecule has 0 saturated heterocycles. The Hall–Kier alpha value is -3.00. The van der Waals surface area contributed by atoms with Crippen LogP contribution in [0.1, 0.15) is 4.88 Å². The first kappa shape index (κ1) is 17.4. The Labute approximate surface area is 157 Å². The summed E-state index contributed by atoms with van der Waals surface area (Å²) < 4.78 is 37.8. The van der Waals surface area contributed by atoms with Crippen LogP contribution in [-0.4, -0.2) is 23.6 Å². The third-order valence-corrected chi connectivity index (χ3v) is 4.91. The predicted molar refractivity (Wildman–Crippen MR) is 97.2 cm³/mol. The number of aromatic nitrogens is 1. The number of nitrogens with zero attached hydrogens (tertiary/aromatic N) is 1. The van der Waals surface area contributed by atoms with E-state index in [0.29, 0.717) is 27.9 Å². The van der Waals surface area contributed by atoms with E-state index in [1.807, 2.05) is 6.07 Å². The van der Waals surface area contributed by atoms with Crippen LogP contribution < -0.4 is 14.8 Å². The normalized spacial score (nSPS) is 15.4. The molecule has 1 aliphatic heterocycles. The van der Waals surface area contributed by atoms with Gasteiger partial charge in [0.1, 0.15) is 6.61 Å². The van der Waals surface area contributed by atoms with Gasteiger partial charge in [-0.15, -0.1) is 11.3 Å². The molecule has 2 heterocycles. The molecule has 0 saturated carbocycles. The molecule has 0 radical (unpaired) electrons. The van der Waals surface area contributed by atoms with Crippen LogP contribution >= 0.6 is 11.3 Å². The zero-order valence-electron chi connectivity index (χ0n) is 14.2. The molecule has 0 fully saturated rings. The fourth-order valence-electron chi connectivity index (χ4n) is 2.70. The Morgan fingerprint density at radius 1 is 1.19 bits per heavy atom. The number of hydrogen-bond acceptors (Lipinski definition) is 5. The highest BCUT2D eigenvalue weighted by Crippen LogP contribution is 2.33. The standard InChI is InChI=1S/C19H14F2N2O3S/c1-10-17(11-6-7-12(20)13(21)8-11)22-19(27-10)23-18(24)16-9-25-14-4-2-3-5-15(14)26-16/h2-8,16H,9H2,1H3,(H,22,23,24)/t16-/m0/s1. The molecule has 2 aromatic carbocycles. The number of hydrogen-bond donors (Lipinski definition) is 1. The van der Waals surface area contributed by atoms with Crippen molar-refractivity contribution in [3.8, 4) is 22.8 Å². The van der Waals surface area contributed by atoms with Gasteiger partial charge in [0.05, 0.1) is 5.69 Å². The summed E-state index contributed by atoms with van der Waals surface area (Å²) in [6.07, 6.45) is -0.809. The van der Waals surface area contributed by atoms with E-state index in [1.54, 1.807) is 25.1 Å². The van der Waals surface area contributed by atoms with Crippen molar-refractivity contribution >= 4 is 22.4 Å². The summed E-state index contributed by atoms with van der Waals surface area (Å²) in [5, 5.41) is 3.04. The maximum Gasteiger partial charge on any atom is 0.270 e. The van der Waals surface area contributed by atoms with E-state index < -0.39 is 23.6 Å². The lowest BCUT2D eigenvalue weighted by Crippen LogP contribution is -2.40. The van der Waals surface area contributed by atoms with E-state index in [4.69, 9.17) is 9.47 Å². The number of ether oxygens (including phenoxy) is 2. The smallest absolute Gasteiger partial charge is 0.270 e. The van der Waals surface area contributed by atoms with Gasteiger partial charge >= 0.3 is 0 Å². The van der Waals surface area contributed by atoms with Crippen LogP contribution in [0.25, 0.3) is 11.3 Å². The molecule has 27 heavy (non-hydrogen) atoms. The van der Waals surface area contributed by atoms with Crippen LogP contribution in [-0.2, 0) is 4.79 Å². The first-order valence-corrected chi connectivity index (χ1v) is 8.95. The molecule has 1 N–H and O–H groups in total. The molecule has 4 rings (SSSR count). The molecular formula is C19H14F2N2O3S. The van der Waals surface area contributed by atoms with Crippen LogP contribution in [0.15, 0.2) is 42.5 Å². The van der Waals surface area contributed by atoms with Crippen molar-refractivity contribution in [3.05, 3.63) is 59.0 Å². The highest BCUT2D eigenvalue weighted by Gasteiger charge is 2.28. The number of fused-ring (bicyclic) bond motifs is 1. The summed E-state index contributed by atoms with van der Waals surface area (Å²) >= 11 is 1.24. The molecule has 0 spiro atoms. The molecule has 138 valence electrons. The highest BCUT2D eigenvalue weighted by atomic mass is 32.1. The maximum atomic E-state index is 13.5. The van der Waals surface area contributed by atoms with Crippen LogP contribution in [0.5, 0.6) is 11.5 Å². The third-order valence-electron chi connectivity index (χ3n) is 4.02. The van der Waals surface area contributed by atoms with Crippen molar-refractivity contribution in [3.63, 3.8) is 0 Å². The lowest BCUT2D eigenvalue weighted by molar-refractivity contribution is -0.125. The molecule has 3 aromatic rings. The number of aryl methyl sites for hydroxylation is 1. The minimum Gasteiger partial charge on any atom is -0.485 e. The van der Waals surface area contributed by atoms with Crippen molar-refractivity contribution in [1.29, 1.82) is 0 Å². The third kappa shape index (κ3) is 3.48. The molecule has 0 unspecified atom stereocenters. The lowest BCUT2D eigenvalue weighted by Gasteiger charge is -2.25. The summed E-state index contributed by atoms with van der Waals surface area (Å²) in [5.74, 6) is -1.17. The summed E-state index contributed by atoms with van der Waals surface area (Å²) in [4.78, 5) is 17.6. The molecule has 8 heteroatoms. The second kappa shape index (κ2) is 6.96. The number of benzene rings is 2. The molecule has 5 nitrogen and oxygen atoms in total. The fourth-order valence-corrected chi connectivity index (χ4v) is 3.53. The fraction of sp³-hybridized carbons (Fsp3) is 0.158. The largest absolute Gasteiger partial charge is 0.485 e. The number of para-hydroxylation sites is 2. The van der Waals surface area contributed by atoms with E-state index in [-0.39, 0.29) is 6.61 Å². The van der Waals surface area contributed by atoms with E-state index in [0.717, 1.165) is 17.0 Å². The number of rotatable bonds is 3. The van der Waals surface area contributed by atoms with Gasteiger partial charge in [-0.1, -0.05) is 12.1 Å². The van der Waals surface area contributed by atoms with Crippen molar-refractivity contribution in [2.24, 2.45) is 0 Å². The van der Waals surface area contributed by atoms with Gasteiger partial charge in [0.2, 0.25) is 6.10 Å². The van der Waals surface area contributed by atoms with Crippen LogP contribution in [0.2, 0.25) is 0 Å². The Kier molecular flexibility index (Phi) is 4.49. The number of carbonyl (C=O) groups excluding carboxylic acids is 1. The summed E-state index contributed by atoms with van der Waals surface area (Å²) in [5.41, 5.74) is 0.926. The zero-order chi connectivity index (χ0) is 19.0. The van der Waals surface area contributed by atoms with Crippen molar-refractivity contribution in [2.45, 2.75) is 13.0 Å². The molecular weight excluding hydrogens is 374 g/mol. The van der Waals surface area contributed by atoms with E-state index in [2.05, 4.69) is 10.3 Å².